The first kappa shape index (κ1) is 14.0. The molecule has 2 aromatic carbocycles. The Morgan fingerprint density at radius 3 is 2.53 bits per heavy atom. The Labute approximate surface area is 120 Å². The van der Waals surface area contributed by atoms with Gasteiger partial charge in [-0.25, -0.2) is 4.39 Å². The maximum absolute atomic E-state index is 13.9. The molecule has 2 rings (SSSR count). The number of hydrogen-bond acceptors (Lipinski definition) is 2. The van der Waals surface area contributed by atoms with Gasteiger partial charge in [0.2, 0.25) is 0 Å². The van der Waals surface area contributed by atoms with Crippen LogP contribution in [0.25, 0.3) is 0 Å². The molecule has 0 fully saturated rings. The Hall–Kier alpha value is -1.39. The zero-order valence-corrected chi connectivity index (χ0v) is 12.2. The molecule has 2 aromatic rings. The number of benzene rings is 2. The summed E-state index contributed by atoms with van der Waals surface area (Å²) in [6.07, 6.45) is -0.988. The maximum atomic E-state index is 13.9. The highest BCUT2D eigenvalue weighted by molar-refractivity contribution is 9.10. The standard InChI is InChI=1S/C15H14BrFO2/c1-9-7-10(3-6-13(9)16)15(18)12-5-4-11(19-2)8-14(12)17/h3-8,15,18H,1-2H3. The van der Waals surface area contributed by atoms with Crippen LogP contribution >= 0.6 is 15.9 Å². The van der Waals surface area contributed by atoms with Gasteiger partial charge in [-0.1, -0.05) is 28.1 Å². The number of hydrogen-bond donors (Lipinski definition) is 1. The Morgan fingerprint density at radius 2 is 1.95 bits per heavy atom. The van der Waals surface area contributed by atoms with Crippen molar-refractivity contribution in [3.63, 3.8) is 0 Å². The topological polar surface area (TPSA) is 29.5 Å². The molecule has 0 heterocycles. The third kappa shape index (κ3) is 2.96. The molecule has 0 aliphatic heterocycles. The van der Waals surface area contributed by atoms with Crippen molar-refractivity contribution in [2.24, 2.45) is 0 Å². The lowest BCUT2D eigenvalue weighted by Gasteiger charge is -2.14. The molecule has 1 N–H and O–H groups in total. The summed E-state index contributed by atoms with van der Waals surface area (Å²) in [6.45, 7) is 1.92. The average molecular weight is 325 g/mol. The van der Waals surface area contributed by atoms with Crippen molar-refractivity contribution >= 4 is 15.9 Å². The van der Waals surface area contributed by atoms with Crippen LogP contribution in [0.4, 0.5) is 4.39 Å². The van der Waals surface area contributed by atoms with Gasteiger partial charge in [-0.05, 0) is 36.2 Å². The van der Waals surface area contributed by atoms with Crippen molar-refractivity contribution in [1.29, 1.82) is 0 Å². The summed E-state index contributed by atoms with van der Waals surface area (Å²) in [7, 11) is 1.48. The molecular formula is C15H14BrFO2. The predicted octanol–water partition coefficient (Wildman–Crippen LogP) is 3.99. The van der Waals surface area contributed by atoms with Crippen LogP contribution in [0.1, 0.15) is 22.8 Å². The van der Waals surface area contributed by atoms with Crippen molar-refractivity contribution in [2.75, 3.05) is 7.11 Å². The lowest BCUT2D eigenvalue weighted by Crippen LogP contribution is -2.03. The van der Waals surface area contributed by atoms with Gasteiger partial charge in [0, 0.05) is 16.1 Å². The number of ether oxygens (including phenoxy) is 1. The molecule has 0 radical (unpaired) electrons. The van der Waals surface area contributed by atoms with Crippen LogP contribution < -0.4 is 4.74 Å². The third-order valence-electron chi connectivity index (χ3n) is 3.00. The second-order valence-electron chi connectivity index (χ2n) is 4.30. The molecule has 0 aliphatic rings. The van der Waals surface area contributed by atoms with Crippen molar-refractivity contribution < 1.29 is 14.2 Å². The van der Waals surface area contributed by atoms with Gasteiger partial charge in [0.15, 0.2) is 0 Å². The lowest BCUT2D eigenvalue weighted by molar-refractivity contribution is 0.214. The van der Waals surface area contributed by atoms with Gasteiger partial charge in [0.25, 0.3) is 0 Å². The first-order valence-electron chi connectivity index (χ1n) is 5.80. The fraction of sp³-hybridized carbons (Fsp3) is 0.200. The molecule has 1 unspecified atom stereocenters. The van der Waals surface area contributed by atoms with Crippen molar-refractivity contribution in [1.82, 2.24) is 0 Å². The molecule has 0 amide bonds. The van der Waals surface area contributed by atoms with Crippen LogP contribution in [-0.4, -0.2) is 12.2 Å². The minimum absolute atomic E-state index is 0.238. The average Bonchev–Trinajstić information content (AvgIpc) is 2.41. The molecule has 2 nitrogen and oxygen atoms in total. The highest BCUT2D eigenvalue weighted by Gasteiger charge is 2.16. The Morgan fingerprint density at radius 1 is 1.21 bits per heavy atom. The molecular weight excluding hydrogens is 311 g/mol. The summed E-state index contributed by atoms with van der Waals surface area (Å²) in [6, 6.07) is 9.88. The van der Waals surface area contributed by atoms with Crippen LogP contribution in [-0.2, 0) is 0 Å². The van der Waals surface area contributed by atoms with E-state index in [4.69, 9.17) is 4.74 Å². The van der Waals surface area contributed by atoms with Gasteiger partial charge in [-0.15, -0.1) is 0 Å². The summed E-state index contributed by atoms with van der Waals surface area (Å²) in [4.78, 5) is 0. The highest BCUT2D eigenvalue weighted by Crippen LogP contribution is 2.29. The van der Waals surface area contributed by atoms with Gasteiger partial charge in [0.1, 0.15) is 17.7 Å². The molecule has 0 bridgehead atoms. The fourth-order valence-electron chi connectivity index (χ4n) is 1.87. The normalized spacial score (nSPS) is 12.3. The molecule has 100 valence electrons. The largest absolute Gasteiger partial charge is 0.497 e. The van der Waals surface area contributed by atoms with Crippen LogP contribution in [0.15, 0.2) is 40.9 Å². The summed E-state index contributed by atoms with van der Waals surface area (Å²) in [5.41, 5.74) is 1.89. The molecule has 0 saturated heterocycles. The zero-order chi connectivity index (χ0) is 14.0. The monoisotopic (exact) mass is 324 g/mol. The quantitative estimate of drug-likeness (QED) is 0.925. The van der Waals surface area contributed by atoms with Crippen molar-refractivity contribution in [3.05, 3.63) is 63.4 Å². The Bertz CT molecular complexity index is 599. The van der Waals surface area contributed by atoms with Crippen LogP contribution in [0, 0.1) is 12.7 Å². The summed E-state index contributed by atoms with van der Waals surface area (Å²) in [5.74, 6) is -0.0483. The number of aryl methyl sites for hydroxylation is 1. The van der Waals surface area contributed by atoms with E-state index in [1.807, 2.05) is 19.1 Å². The Kier molecular flexibility index (Phi) is 4.22. The third-order valence-corrected chi connectivity index (χ3v) is 3.89. The van der Waals surface area contributed by atoms with Crippen LogP contribution in [0.3, 0.4) is 0 Å². The summed E-state index contributed by atoms with van der Waals surface area (Å²) >= 11 is 3.40. The number of halogens is 2. The lowest BCUT2D eigenvalue weighted by atomic mass is 9.99. The Balaban J connectivity index is 2.38. The zero-order valence-electron chi connectivity index (χ0n) is 10.7. The van der Waals surface area contributed by atoms with E-state index in [0.717, 1.165) is 10.0 Å². The number of aliphatic hydroxyl groups excluding tert-OH is 1. The van der Waals surface area contributed by atoms with Gasteiger partial charge in [-0.3, -0.25) is 0 Å². The summed E-state index contributed by atoms with van der Waals surface area (Å²) in [5, 5.41) is 10.3. The van der Waals surface area contributed by atoms with Crippen molar-refractivity contribution in [2.45, 2.75) is 13.0 Å². The van der Waals surface area contributed by atoms with Gasteiger partial charge in [0.05, 0.1) is 7.11 Å². The SMILES string of the molecule is COc1ccc(C(O)c2ccc(Br)c(C)c2)c(F)c1. The molecule has 4 heteroatoms. The maximum Gasteiger partial charge on any atom is 0.133 e. The molecule has 0 aliphatic carbocycles. The number of aliphatic hydroxyl groups is 1. The fourth-order valence-corrected chi connectivity index (χ4v) is 2.12. The minimum Gasteiger partial charge on any atom is -0.497 e. The molecule has 0 saturated carbocycles. The first-order valence-corrected chi connectivity index (χ1v) is 6.59. The van der Waals surface area contributed by atoms with E-state index in [2.05, 4.69) is 15.9 Å². The number of rotatable bonds is 3. The van der Waals surface area contributed by atoms with E-state index in [0.29, 0.717) is 11.3 Å². The van der Waals surface area contributed by atoms with E-state index in [-0.39, 0.29) is 5.56 Å². The van der Waals surface area contributed by atoms with Gasteiger partial charge < -0.3 is 9.84 Å². The van der Waals surface area contributed by atoms with Crippen LogP contribution in [0.5, 0.6) is 5.75 Å². The van der Waals surface area contributed by atoms with E-state index in [1.165, 1.54) is 19.2 Å². The highest BCUT2D eigenvalue weighted by atomic mass is 79.9. The number of methoxy groups -OCH3 is 1. The molecule has 19 heavy (non-hydrogen) atoms. The minimum atomic E-state index is -0.988. The van der Waals surface area contributed by atoms with E-state index >= 15 is 0 Å². The van der Waals surface area contributed by atoms with Gasteiger partial charge in [-0.2, -0.15) is 0 Å². The van der Waals surface area contributed by atoms with E-state index < -0.39 is 11.9 Å². The second-order valence-corrected chi connectivity index (χ2v) is 5.15. The predicted molar refractivity (Wildman–Crippen MR) is 75.9 cm³/mol. The smallest absolute Gasteiger partial charge is 0.133 e. The summed E-state index contributed by atoms with van der Waals surface area (Å²) < 4.78 is 19.8. The molecule has 0 aromatic heterocycles. The molecule has 1 atom stereocenters. The van der Waals surface area contributed by atoms with E-state index in [1.54, 1.807) is 12.1 Å². The van der Waals surface area contributed by atoms with Gasteiger partial charge >= 0.3 is 0 Å². The van der Waals surface area contributed by atoms with E-state index in [9.17, 15) is 9.50 Å². The molecule has 0 spiro atoms. The van der Waals surface area contributed by atoms with Crippen LogP contribution in [0.2, 0.25) is 0 Å². The second kappa shape index (κ2) is 5.72. The first-order chi connectivity index (χ1) is 9.02. The van der Waals surface area contributed by atoms with Crippen molar-refractivity contribution in [3.8, 4) is 5.75 Å².